The van der Waals surface area contributed by atoms with Crippen molar-refractivity contribution in [2.75, 3.05) is 32.7 Å². The van der Waals surface area contributed by atoms with Crippen molar-refractivity contribution in [3.8, 4) is 0 Å². The summed E-state index contributed by atoms with van der Waals surface area (Å²) in [5.41, 5.74) is 1.66. The first-order chi connectivity index (χ1) is 13.3. The van der Waals surface area contributed by atoms with Gasteiger partial charge in [-0.15, -0.1) is 0 Å². The van der Waals surface area contributed by atoms with Crippen LogP contribution in [0.3, 0.4) is 0 Å². The van der Waals surface area contributed by atoms with E-state index >= 15 is 0 Å². The third kappa shape index (κ3) is 4.06. The number of unbranched alkanes of at least 4 members (excludes halogenated alkanes) is 1. The smallest absolute Gasteiger partial charge is 0.258 e. The van der Waals surface area contributed by atoms with Gasteiger partial charge in [-0.05, 0) is 50.8 Å². The molecule has 4 nitrogen and oxygen atoms in total. The first kappa shape index (κ1) is 18.5. The number of carbonyl (C=O) groups is 1. The van der Waals surface area contributed by atoms with Crippen LogP contribution in [0.1, 0.15) is 61.6 Å². The van der Waals surface area contributed by atoms with E-state index in [1.54, 1.807) is 0 Å². The van der Waals surface area contributed by atoms with Crippen LogP contribution in [0.4, 0.5) is 0 Å². The summed E-state index contributed by atoms with van der Waals surface area (Å²) in [6, 6.07) is 7.99. The van der Waals surface area contributed by atoms with E-state index in [9.17, 15) is 4.79 Å². The minimum absolute atomic E-state index is 0.173. The van der Waals surface area contributed by atoms with Crippen LogP contribution in [0.5, 0.6) is 0 Å². The van der Waals surface area contributed by atoms with E-state index < -0.39 is 0 Å². The molecule has 4 rings (SSSR count). The van der Waals surface area contributed by atoms with Crippen molar-refractivity contribution in [3.05, 3.63) is 35.6 Å². The molecular formula is C23H32N2O2. The van der Waals surface area contributed by atoms with E-state index in [1.807, 2.05) is 24.3 Å². The molecule has 0 aliphatic carbocycles. The number of carbonyl (C=O) groups excluding carboxylic acids is 1. The van der Waals surface area contributed by atoms with Gasteiger partial charge in [-0.25, -0.2) is 0 Å². The van der Waals surface area contributed by atoms with Crippen LogP contribution in [0.25, 0.3) is 11.0 Å². The van der Waals surface area contributed by atoms with Crippen molar-refractivity contribution in [1.29, 1.82) is 0 Å². The number of rotatable bonds is 6. The summed E-state index contributed by atoms with van der Waals surface area (Å²) in [6.45, 7) is 7.57. The highest BCUT2D eigenvalue weighted by Crippen LogP contribution is 2.30. The Bertz CT molecular complexity index is 776. The molecule has 0 radical (unpaired) electrons. The third-order valence-corrected chi connectivity index (χ3v) is 6.18. The molecular weight excluding hydrogens is 336 g/mol. The lowest BCUT2D eigenvalue weighted by molar-refractivity contribution is 0.0781. The van der Waals surface area contributed by atoms with Gasteiger partial charge < -0.3 is 14.2 Å². The van der Waals surface area contributed by atoms with Crippen LogP contribution >= 0.6 is 0 Å². The molecule has 1 unspecified atom stereocenters. The molecule has 0 bridgehead atoms. The Morgan fingerprint density at radius 3 is 2.78 bits per heavy atom. The van der Waals surface area contributed by atoms with E-state index in [-0.39, 0.29) is 5.91 Å². The number of piperidine rings is 1. The number of fused-ring (bicyclic) bond motifs is 1. The van der Waals surface area contributed by atoms with Gasteiger partial charge in [-0.2, -0.15) is 0 Å². The maximum Gasteiger partial charge on any atom is 0.258 e. The number of likely N-dealkylation sites (tertiary alicyclic amines) is 2. The zero-order chi connectivity index (χ0) is 18.6. The van der Waals surface area contributed by atoms with Crippen LogP contribution in [0, 0.1) is 5.92 Å². The minimum Gasteiger partial charge on any atom is -0.460 e. The molecule has 2 aliphatic rings. The Labute approximate surface area is 162 Å². The normalized spacial score (nSPS) is 21.2. The molecule has 0 spiro atoms. The molecule has 27 heavy (non-hydrogen) atoms. The van der Waals surface area contributed by atoms with Gasteiger partial charge in [0.2, 0.25) is 0 Å². The number of hydrogen-bond acceptors (Lipinski definition) is 3. The molecule has 2 fully saturated rings. The summed E-state index contributed by atoms with van der Waals surface area (Å²) in [4.78, 5) is 18.1. The van der Waals surface area contributed by atoms with Gasteiger partial charge in [0.05, 0.1) is 5.56 Å². The highest BCUT2D eigenvalue weighted by atomic mass is 16.3. The van der Waals surface area contributed by atoms with Crippen molar-refractivity contribution in [1.82, 2.24) is 9.80 Å². The third-order valence-electron chi connectivity index (χ3n) is 6.18. The number of amides is 1. The number of benzene rings is 1. The molecule has 0 saturated carbocycles. The van der Waals surface area contributed by atoms with E-state index in [0.29, 0.717) is 5.92 Å². The molecule has 4 heteroatoms. The highest BCUT2D eigenvalue weighted by Gasteiger charge is 2.31. The van der Waals surface area contributed by atoms with Gasteiger partial charge in [0.1, 0.15) is 11.3 Å². The molecule has 146 valence electrons. The summed E-state index contributed by atoms with van der Waals surface area (Å²) in [7, 11) is 0. The van der Waals surface area contributed by atoms with Crippen LogP contribution in [-0.4, -0.2) is 48.4 Å². The topological polar surface area (TPSA) is 36.7 Å². The Hall–Kier alpha value is -1.81. The monoisotopic (exact) mass is 368 g/mol. The summed E-state index contributed by atoms with van der Waals surface area (Å²) >= 11 is 0. The first-order valence-corrected chi connectivity index (χ1v) is 10.8. The number of nitrogens with zero attached hydrogens (tertiary/aromatic N) is 2. The first-order valence-electron chi connectivity index (χ1n) is 10.8. The Morgan fingerprint density at radius 1 is 1.15 bits per heavy atom. The number of furan rings is 1. The van der Waals surface area contributed by atoms with Crippen LogP contribution in [0.2, 0.25) is 0 Å². The van der Waals surface area contributed by atoms with Gasteiger partial charge in [-0.3, -0.25) is 4.79 Å². The lowest BCUT2D eigenvalue weighted by Crippen LogP contribution is -2.36. The number of hydrogen-bond donors (Lipinski definition) is 0. The molecule has 2 saturated heterocycles. The molecule has 1 aromatic carbocycles. The fourth-order valence-corrected chi connectivity index (χ4v) is 4.68. The van der Waals surface area contributed by atoms with E-state index in [1.165, 1.54) is 32.4 Å². The molecule has 2 aromatic rings. The second kappa shape index (κ2) is 8.47. The Morgan fingerprint density at radius 2 is 1.96 bits per heavy atom. The van der Waals surface area contributed by atoms with E-state index in [0.717, 1.165) is 67.6 Å². The molecule has 0 N–H and O–H groups in total. The zero-order valence-electron chi connectivity index (χ0n) is 16.6. The molecule has 1 atom stereocenters. The standard InChI is InChI=1S/C23H32N2O2/c1-2-3-10-21-22(19-9-5-6-11-20(19)27-21)23(26)25-15-12-18(17-25)16-24-13-7-4-8-14-24/h5-6,9,11,18H,2-4,7-8,10,12-17H2,1H3. The molecule has 2 aliphatic heterocycles. The second-order valence-electron chi connectivity index (χ2n) is 8.27. The van der Waals surface area contributed by atoms with Crippen LogP contribution < -0.4 is 0 Å². The number of para-hydroxylation sites is 1. The van der Waals surface area contributed by atoms with Gasteiger partial charge in [-0.1, -0.05) is 38.0 Å². The van der Waals surface area contributed by atoms with Crippen molar-refractivity contribution in [2.45, 2.75) is 51.9 Å². The molecule has 1 aromatic heterocycles. The SMILES string of the molecule is CCCCc1oc2ccccc2c1C(=O)N1CCC(CN2CCCCC2)C1. The highest BCUT2D eigenvalue weighted by molar-refractivity contribution is 6.07. The lowest BCUT2D eigenvalue weighted by atomic mass is 10.1. The average molecular weight is 369 g/mol. The summed E-state index contributed by atoms with van der Waals surface area (Å²) in [6.07, 6.45) is 8.16. The zero-order valence-corrected chi connectivity index (χ0v) is 16.6. The maximum atomic E-state index is 13.4. The predicted octanol–water partition coefficient (Wildman–Crippen LogP) is 4.72. The second-order valence-corrected chi connectivity index (χ2v) is 8.27. The lowest BCUT2D eigenvalue weighted by Gasteiger charge is -2.29. The molecule has 1 amide bonds. The fourth-order valence-electron chi connectivity index (χ4n) is 4.68. The quantitative estimate of drug-likeness (QED) is 0.740. The van der Waals surface area contributed by atoms with Gasteiger partial charge in [0.25, 0.3) is 5.91 Å². The van der Waals surface area contributed by atoms with Crippen molar-refractivity contribution in [3.63, 3.8) is 0 Å². The average Bonchev–Trinajstić information content (AvgIpc) is 3.31. The van der Waals surface area contributed by atoms with Gasteiger partial charge in [0, 0.05) is 31.4 Å². The number of aryl methyl sites for hydroxylation is 1. The minimum atomic E-state index is 0.173. The van der Waals surface area contributed by atoms with Gasteiger partial charge in [0.15, 0.2) is 0 Å². The summed E-state index contributed by atoms with van der Waals surface area (Å²) in [5.74, 6) is 1.67. The maximum absolute atomic E-state index is 13.4. The van der Waals surface area contributed by atoms with E-state index in [2.05, 4.69) is 16.7 Å². The predicted molar refractivity (Wildman–Crippen MR) is 109 cm³/mol. The van der Waals surface area contributed by atoms with Crippen molar-refractivity contribution < 1.29 is 9.21 Å². The Balaban J connectivity index is 1.49. The van der Waals surface area contributed by atoms with Gasteiger partial charge >= 0.3 is 0 Å². The molecule has 3 heterocycles. The van der Waals surface area contributed by atoms with Crippen LogP contribution in [-0.2, 0) is 6.42 Å². The van der Waals surface area contributed by atoms with Crippen LogP contribution in [0.15, 0.2) is 28.7 Å². The van der Waals surface area contributed by atoms with E-state index in [4.69, 9.17) is 4.42 Å². The van der Waals surface area contributed by atoms with Crippen molar-refractivity contribution >= 4 is 16.9 Å². The summed E-state index contributed by atoms with van der Waals surface area (Å²) in [5, 5.41) is 0.980. The fraction of sp³-hybridized carbons (Fsp3) is 0.609. The van der Waals surface area contributed by atoms with Crippen molar-refractivity contribution in [2.24, 2.45) is 5.92 Å². The Kier molecular flexibility index (Phi) is 5.82. The largest absolute Gasteiger partial charge is 0.460 e. The summed E-state index contributed by atoms with van der Waals surface area (Å²) < 4.78 is 6.07.